The summed E-state index contributed by atoms with van der Waals surface area (Å²) in [6, 6.07) is 12.5. The molecule has 2 amide bonds. The van der Waals surface area contributed by atoms with E-state index in [-0.39, 0.29) is 24.8 Å². The minimum absolute atomic E-state index is 0.000910. The zero-order valence-corrected chi connectivity index (χ0v) is 19.3. The van der Waals surface area contributed by atoms with Crippen molar-refractivity contribution >= 4 is 17.7 Å². The molecule has 0 N–H and O–H groups in total. The van der Waals surface area contributed by atoms with Crippen LogP contribution in [0.5, 0.6) is 0 Å². The van der Waals surface area contributed by atoms with Gasteiger partial charge in [-0.2, -0.15) is 0 Å². The van der Waals surface area contributed by atoms with Gasteiger partial charge in [0, 0.05) is 13.0 Å². The molecule has 3 aliphatic heterocycles. The van der Waals surface area contributed by atoms with E-state index >= 15 is 0 Å². The van der Waals surface area contributed by atoms with Crippen LogP contribution < -0.4 is 4.90 Å². The topological polar surface area (TPSA) is 53.1 Å². The van der Waals surface area contributed by atoms with Crippen molar-refractivity contribution in [3.8, 4) is 0 Å². The number of anilines is 1. The minimum Gasteiger partial charge on any atom is -0.439 e. The van der Waals surface area contributed by atoms with E-state index in [1.165, 1.54) is 23.1 Å². The molecule has 0 saturated carbocycles. The number of likely N-dealkylation sites (tertiary alicyclic amines) is 2. The Hall–Kier alpha value is -3.00. The maximum Gasteiger partial charge on any atom is 0.415 e. The van der Waals surface area contributed by atoms with E-state index in [0.717, 1.165) is 13.1 Å². The van der Waals surface area contributed by atoms with Crippen LogP contribution in [0.3, 0.4) is 0 Å². The zero-order valence-electron chi connectivity index (χ0n) is 19.3. The van der Waals surface area contributed by atoms with Crippen molar-refractivity contribution in [2.75, 3.05) is 44.7 Å². The van der Waals surface area contributed by atoms with Crippen LogP contribution in [-0.2, 0) is 16.0 Å². The van der Waals surface area contributed by atoms with E-state index < -0.39 is 22.9 Å². The van der Waals surface area contributed by atoms with Crippen molar-refractivity contribution in [3.05, 3.63) is 65.7 Å². The molecule has 3 heterocycles. The first-order valence-corrected chi connectivity index (χ1v) is 11.8. The van der Waals surface area contributed by atoms with Crippen molar-refractivity contribution in [1.82, 2.24) is 9.80 Å². The first-order valence-electron chi connectivity index (χ1n) is 11.8. The molecule has 0 radical (unpaired) electrons. The molecule has 34 heavy (non-hydrogen) atoms. The van der Waals surface area contributed by atoms with Crippen LogP contribution >= 0.6 is 0 Å². The normalized spacial score (nSPS) is 24.6. The van der Waals surface area contributed by atoms with Gasteiger partial charge in [-0.25, -0.2) is 13.6 Å². The third-order valence-corrected chi connectivity index (χ3v) is 7.58. The summed E-state index contributed by atoms with van der Waals surface area (Å²) in [7, 11) is 2.03. The number of rotatable bonds is 4. The summed E-state index contributed by atoms with van der Waals surface area (Å²) in [5, 5.41) is 0. The molecule has 1 atom stereocenters. The van der Waals surface area contributed by atoms with E-state index in [9.17, 15) is 18.4 Å². The largest absolute Gasteiger partial charge is 0.439 e. The quantitative estimate of drug-likeness (QED) is 0.683. The Morgan fingerprint density at radius 1 is 1.00 bits per heavy atom. The average molecular weight is 470 g/mol. The molecule has 6 nitrogen and oxygen atoms in total. The first kappa shape index (κ1) is 22.8. The molecule has 0 bridgehead atoms. The molecule has 2 aromatic carbocycles. The third kappa shape index (κ3) is 4.15. The molecule has 1 spiro atoms. The number of carbonyl (C=O) groups excluding carboxylic acids is 2. The second kappa shape index (κ2) is 8.65. The highest BCUT2D eigenvalue weighted by atomic mass is 19.1. The standard InChI is InChI=1S/C26H29F2N3O3/c1-29-12-9-25(10-13-29,16-19-5-2-3-8-22(19)28)23(32)30-14-11-26(17-30)18-31(24(33)34-26)21-7-4-6-20(27)15-21/h2-8,15H,9-14,16-18H2,1H3/t26-/m1/s1. The van der Waals surface area contributed by atoms with Crippen LogP contribution in [-0.4, -0.2) is 67.2 Å². The highest BCUT2D eigenvalue weighted by Crippen LogP contribution is 2.41. The van der Waals surface area contributed by atoms with E-state index in [2.05, 4.69) is 4.90 Å². The second-order valence-corrected chi connectivity index (χ2v) is 9.95. The summed E-state index contributed by atoms with van der Waals surface area (Å²) >= 11 is 0. The Morgan fingerprint density at radius 3 is 2.50 bits per heavy atom. The molecule has 3 aliphatic rings. The van der Waals surface area contributed by atoms with Crippen LogP contribution in [0.15, 0.2) is 48.5 Å². The number of ether oxygens (including phenoxy) is 1. The fourth-order valence-electron chi connectivity index (χ4n) is 5.55. The lowest BCUT2D eigenvalue weighted by atomic mass is 9.72. The predicted molar refractivity (Wildman–Crippen MR) is 123 cm³/mol. The van der Waals surface area contributed by atoms with Crippen molar-refractivity contribution in [3.63, 3.8) is 0 Å². The fraction of sp³-hybridized carbons (Fsp3) is 0.462. The summed E-state index contributed by atoms with van der Waals surface area (Å²) in [6.45, 7) is 2.56. The Kier molecular flexibility index (Phi) is 5.80. The van der Waals surface area contributed by atoms with E-state index in [4.69, 9.17) is 4.74 Å². The molecule has 3 fully saturated rings. The zero-order chi connectivity index (χ0) is 23.9. The van der Waals surface area contributed by atoms with Crippen molar-refractivity contribution in [2.24, 2.45) is 5.41 Å². The van der Waals surface area contributed by atoms with Gasteiger partial charge in [0.05, 0.1) is 24.2 Å². The predicted octanol–water partition coefficient (Wildman–Crippen LogP) is 3.85. The maximum absolute atomic E-state index is 14.5. The molecule has 8 heteroatoms. The number of nitrogens with zero attached hydrogens (tertiary/aromatic N) is 3. The lowest BCUT2D eigenvalue weighted by molar-refractivity contribution is -0.144. The van der Waals surface area contributed by atoms with E-state index in [1.54, 1.807) is 35.2 Å². The number of hydrogen-bond acceptors (Lipinski definition) is 4. The highest BCUT2D eigenvalue weighted by Gasteiger charge is 2.54. The van der Waals surface area contributed by atoms with Gasteiger partial charge in [-0.1, -0.05) is 24.3 Å². The van der Waals surface area contributed by atoms with Gasteiger partial charge in [-0.3, -0.25) is 9.69 Å². The van der Waals surface area contributed by atoms with Crippen LogP contribution in [0.4, 0.5) is 19.3 Å². The van der Waals surface area contributed by atoms with Crippen LogP contribution in [0.1, 0.15) is 24.8 Å². The molecule has 0 aliphatic carbocycles. The Labute approximate surface area is 198 Å². The average Bonchev–Trinajstić information content (AvgIpc) is 3.38. The fourth-order valence-corrected chi connectivity index (χ4v) is 5.55. The molecule has 0 aromatic heterocycles. The highest BCUT2D eigenvalue weighted by molar-refractivity contribution is 5.91. The Balaban J connectivity index is 1.35. The van der Waals surface area contributed by atoms with Crippen molar-refractivity contribution < 1.29 is 23.1 Å². The summed E-state index contributed by atoms with van der Waals surface area (Å²) in [5.41, 5.74) is -0.508. The Morgan fingerprint density at radius 2 is 1.76 bits per heavy atom. The Bertz CT molecular complexity index is 1100. The lowest BCUT2D eigenvalue weighted by Gasteiger charge is -2.42. The summed E-state index contributed by atoms with van der Waals surface area (Å²) in [5.74, 6) is -0.713. The number of piperidine rings is 1. The van der Waals surface area contributed by atoms with Gasteiger partial charge in [-0.15, -0.1) is 0 Å². The van der Waals surface area contributed by atoms with Crippen LogP contribution in [0, 0.1) is 17.0 Å². The van der Waals surface area contributed by atoms with Gasteiger partial charge >= 0.3 is 6.09 Å². The lowest BCUT2D eigenvalue weighted by Crippen LogP contribution is -2.51. The molecule has 2 aromatic rings. The molecule has 5 rings (SSSR count). The smallest absolute Gasteiger partial charge is 0.415 e. The van der Waals surface area contributed by atoms with Gasteiger partial charge in [0.15, 0.2) is 5.60 Å². The SMILES string of the molecule is CN1CCC(Cc2ccccc2F)(C(=O)N2CC[C@@]3(C2)CN(c2cccc(F)c2)C(=O)O3)CC1. The van der Waals surface area contributed by atoms with Gasteiger partial charge in [0.2, 0.25) is 5.91 Å². The van der Waals surface area contributed by atoms with Crippen molar-refractivity contribution in [2.45, 2.75) is 31.3 Å². The monoisotopic (exact) mass is 469 g/mol. The molecule has 0 unspecified atom stereocenters. The van der Waals surface area contributed by atoms with Gasteiger partial charge < -0.3 is 14.5 Å². The van der Waals surface area contributed by atoms with E-state index in [1.807, 2.05) is 7.05 Å². The van der Waals surface area contributed by atoms with Crippen LogP contribution in [0.2, 0.25) is 0 Å². The summed E-state index contributed by atoms with van der Waals surface area (Å²) in [6.07, 6.45) is 1.64. The number of halogens is 2. The maximum atomic E-state index is 14.5. The number of amides is 2. The number of hydrogen-bond donors (Lipinski definition) is 0. The van der Waals surface area contributed by atoms with Crippen LogP contribution in [0.25, 0.3) is 0 Å². The van der Waals surface area contributed by atoms with Gasteiger partial charge in [0.1, 0.15) is 11.6 Å². The second-order valence-electron chi connectivity index (χ2n) is 9.95. The summed E-state index contributed by atoms with van der Waals surface area (Å²) in [4.78, 5) is 32.0. The molecular formula is C26H29F2N3O3. The first-order chi connectivity index (χ1) is 16.3. The van der Waals surface area contributed by atoms with Gasteiger partial charge in [-0.05, 0) is 69.2 Å². The van der Waals surface area contributed by atoms with Gasteiger partial charge in [0.25, 0.3) is 0 Å². The van der Waals surface area contributed by atoms with E-state index in [0.29, 0.717) is 43.5 Å². The molecule has 180 valence electrons. The molecule has 3 saturated heterocycles. The number of benzene rings is 2. The third-order valence-electron chi connectivity index (χ3n) is 7.58. The molecular weight excluding hydrogens is 440 g/mol. The van der Waals surface area contributed by atoms with Crippen molar-refractivity contribution in [1.29, 1.82) is 0 Å². The minimum atomic E-state index is -0.816. The summed E-state index contributed by atoms with van der Waals surface area (Å²) < 4.78 is 34.0. The number of carbonyl (C=O) groups is 2.